The van der Waals surface area contributed by atoms with Crippen LogP contribution in [0.4, 0.5) is 0 Å². The van der Waals surface area contributed by atoms with Crippen LogP contribution in [0, 0.1) is 0 Å². The van der Waals surface area contributed by atoms with Crippen LogP contribution >= 0.6 is 11.6 Å². The van der Waals surface area contributed by atoms with E-state index in [-0.39, 0.29) is 16.1 Å². The molecule has 1 aliphatic rings. The Kier molecular flexibility index (Phi) is 3.90. The van der Waals surface area contributed by atoms with Crippen LogP contribution in [0.3, 0.4) is 0 Å². The second-order valence-corrected chi connectivity index (χ2v) is 5.54. The Labute approximate surface area is 132 Å². The first kappa shape index (κ1) is 16.0. The van der Waals surface area contributed by atoms with Crippen LogP contribution in [0.1, 0.15) is 6.23 Å². The van der Waals surface area contributed by atoms with E-state index in [4.69, 9.17) is 25.9 Å². The van der Waals surface area contributed by atoms with Crippen molar-refractivity contribution in [3.63, 3.8) is 0 Å². The molecule has 0 saturated carbocycles. The predicted molar refractivity (Wildman–Crippen MR) is 75.1 cm³/mol. The average molecular weight is 346 g/mol. The summed E-state index contributed by atoms with van der Waals surface area (Å²) in [5.41, 5.74) is 0.293. The van der Waals surface area contributed by atoms with Gasteiger partial charge in [-0.3, -0.25) is 0 Å². The molecule has 1 aromatic heterocycles. The number of rotatable bonds is 2. The molecule has 5 unspecified atom stereocenters. The maximum absolute atomic E-state index is 12.0. The van der Waals surface area contributed by atoms with Crippen molar-refractivity contribution < 1.29 is 34.4 Å². The molecule has 124 valence electrons. The largest absolute Gasteiger partial charge is 0.479 e. The molecule has 3 rings (SSSR count). The summed E-state index contributed by atoms with van der Waals surface area (Å²) in [6.07, 6.45) is -8.82. The van der Waals surface area contributed by atoms with Gasteiger partial charge in [0.2, 0.25) is 0 Å². The van der Waals surface area contributed by atoms with Crippen LogP contribution in [0.25, 0.3) is 11.1 Å². The second-order valence-electron chi connectivity index (χ2n) is 5.11. The number of hydrogen-bond donors (Lipinski definition) is 4. The van der Waals surface area contributed by atoms with Gasteiger partial charge in [-0.2, -0.15) is 0 Å². The normalized spacial score (nSPS) is 31.4. The molecule has 4 N–H and O–H groups in total. The number of carboxylic acid groups (broad SMARTS) is 1. The highest BCUT2D eigenvalue weighted by molar-refractivity contribution is 6.31. The number of oxazole rings is 1. The number of nitrogens with zero attached hydrogens (tertiary/aromatic N) is 1. The van der Waals surface area contributed by atoms with E-state index in [2.05, 4.69) is 0 Å². The summed E-state index contributed by atoms with van der Waals surface area (Å²) in [6.45, 7) is 0. The van der Waals surface area contributed by atoms with E-state index in [1.165, 1.54) is 18.2 Å². The van der Waals surface area contributed by atoms with Crippen LogP contribution in [-0.4, -0.2) is 55.4 Å². The second kappa shape index (κ2) is 5.62. The van der Waals surface area contributed by atoms with Gasteiger partial charge in [0.25, 0.3) is 0 Å². The Balaban J connectivity index is 2.13. The molecule has 10 heteroatoms. The third-order valence-corrected chi connectivity index (χ3v) is 3.90. The molecule has 0 radical (unpaired) electrons. The fraction of sp³-hybridized carbons (Fsp3) is 0.385. The summed E-state index contributed by atoms with van der Waals surface area (Å²) in [7, 11) is 0. The number of halogens is 1. The highest BCUT2D eigenvalue weighted by Crippen LogP contribution is 2.31. The topological polar surface area (TPSA) is 142 Å². The van der Waals surface area contributed by atoms with E-state index in [1.807, 2.05) is 0 Å². The molecule has 2 aromatic rings. The van der Waals surface area contributed by atoms with Crippen molar-refractivity contribution in [1.29, 1.82) is 0 Å². The Morgan fingerprint density at radius 1 is 1.17 bits per heavy atom. The molecule has 0 aliphatic carbocycles. The van der Waals surface area contributed by atoms with Gasteiger partial charge in [0, 0.05) is 5.02 Å². The monoisotopic (exact) mass is 345 g/mol. The van der Waals surface area contributed by atoms with Gasteiger partial charge in [-0.25, -0.2) is 14.2 Å². The summed E-state index contributed by atoms with van der Waals surface area (Å²) in [5, 5.41) is 38.9. The first-order chi connectivity index (χ1) is 10.8. The van der Waals surface area contributed by atoms with Gasteiger partial charge in [0.05, 0.1) is 5.52 Å². The van der Waals surface area contributed by atoms with E-state index >= 15 is 0 Å². The van der Waals surface area contributed by atoms with Crippen LogP contribution < -0.4 is 5.76 Å². The van der Waals surface area contributed by atoms with Gasteiger partial charge in [-0.15, -0.1) is 0 Å². The molecule has 5 atom stereocenters. The quantitative estimate of drug-likeness (QED) is 0.560. The maximum atomic E-state index is 12.0. The van der Waals surface area contributed by atoms with Crippen molar-refractivity contribution in [1.82, 2.24) is 4.57 Å². The third-order valence-electron chi connectivity index (χ3n) is 3.66. The van der Waals surface area contributed by atoms with E-state index in [0.29, 0.717) is 0 Å². The van der Waals surface area contributed by atoms with Gasteiger partial charge in [0.1, 0.15) is 18.3 Å². The highest BCUT2D eigenvalue weighted by Gasteiger charge is 2.48. The molecule has 9 nitrogen and oxygen atoms in total. The van der Waals surface area contributed by atoms with Crippen LogP contribution in [-0.2, 0) is 9.53 Å². The summed E-state index contributed by atoms with van der Waals surface area (Å²) in [6, 6.07) is 4.27. The molecule has 0 bridgehead atoms. The lowest BCUT2D eigenvalue weighted by molar-refractivity contribution is -0.246. The zero-order chi connectivity index (χ0) is 16.9. The molecule has 1 saturated heterocycles. The predicted octanol–water partition coefficient (Wildman–Crippen LogP) is -0.687. The standard InChI is InChI=1S/C13H12ClNO8/c14-4-1-2-6-5(3-4)15(13(21)22-6)11-9(18)7(16)8(17)10(23-11)12(19)20/h1-3,7-11,16-18H,(H,19,20). The molecule has 0 spiro atoms. The SMILES string of the molecule is O=C(O)C1OC(n2c(=O)oc3ccc(Cl)cc32)C(O)C(O)C1O. The van der Waals surface area contributed by atoms with Crippen LogP contribution in [0.5, 0.6) is 0 Å². The minimum Gasteiger partial charge on any atom is -0.479 e. The van der Waals surface area contributed by atoms with Crippen molar-refractivity contribution in [2.24, 2.45) is 0 Å². The van der Waals surface area contributed by atoms with E-state index in [0.717, 1.165) is 4.57 Å². The van der Waals surface area contributed by atoms with E-state index in [1.54, 1.807) is 0 Å². The van der Waals surface area contributed by atoms with Crippen LogP contribution in [0.15, 0.2) is 27.4 Å². The Bertz CT molecular complexity index is 814. The zero-order valence-corrected chi connectivity index (χ0v) is 12.1. The van der Waals surface area contributed by atoms with Crippen LogP contribution in [0.2, 0.25) is 5.02 Å². The number of ether oxygens (including phenoxy) is 1. The minimum atomic E-state index is -1.85. The van der Waals surface area contributed by atoms with Gasteiger partial charge < -0.3 is 29.6 Å². The number of carbonyl (C=O) groups is 1. The number of aliphatic carboxylic acids is 1. The molecular weight excluding hydrogens is 334 g/mol. The van der Waals surface area contributed by atoms with E-state index < -0.39 is 42.4 Å². The van der Waals surface area contributed by atoms with Crippen molar-refractivity contribution in [3.05, 3.63) is 33.8 Å². The number of benzene rings is 1. The van der Waals surface area contributed by atoms with Gasteiger partial charge in [-0.1, -0.05) is 11.6 Å². The Morgan fingerprint density at radius 2 is 1.87 bits per heavy atom. The molecule has 0 amide bonds. The minimum absolute atomic E-state index is 0.141. The third kappa shape index (κ3) is 2.52. The number of aliphatic hydroxyl groups excluding tert-OH is 3. The number of carboxylic acids is 1. The zero-order valence-electron chi connectivity index (χ0n) is 11.4. The number of fused-ring (bicyclic) bond motifs is 1. The summed E-state index contributed by atoms with van der Waals surface area (Å²) < 4.78 is 10.9. The van der Waals surface area contributed by atoms with Gasteiger partial charge >= 0.3 is 11.7 Å². The summed E-state index contributed by atoms with van der Waals surface area (Å²) in [4.78, 5) is 23.2. The van der Waals surface area contributed by atoms with Crippen molar-refractivity contribution in [2.75, 3.05) is 0 Å². The maximum Gasteiger partial charge on any atom is 0.422 e. The Morgan fingerprint density at radius 3 is 2.52 bits per heavy atom. The molecule has 2 heterocycles. The fourth-order valence-corrected chi connectivity index (χ4v) is 2.69. The molecule has 1 fully saturated rings. The van der Waals surface area contributed by atoms with Gasteiger partial charge in [-0.05, 0) is 18.2 Å². The first-order valence-corrected chi connectivity index (χ1v) is 6.92. The molecule has 1 aliphatic heterocycles. The number of hydrogen-bond acceptors (Lipinski definition) is 7. The smallest absolute Gasteiger partial charge is 0.422 e. The van der Waals surface area contributed by atoms with Crippen molar-refractivity contribution >= 4 is 28.7 Å². The molecule has 1 aromatic carbocycles. The number of aliphatic hydroxyl groups is 3. The molecule has 23 heavy (non-hydrogen) atoms. The van der Waals surface area contributed by atoms with Gasteiger partial charge in [0.15, 0.2) is 17.9 Å². The van der Waals surface area contributed by atoms with E-state index in [9.17, 15) is 24.9 Å². The lowest BCUT2D eigenvalue weighted by Gasteiger charge is -2.38. The number of aromatic nitrogens is 1. The summed E-state index contributed by atoms with van der Waals surface area (Å²) >= 11 is 5.86. The Hall–Kier alpha value is -1.91. The highest BCUT2D eigenvalue weighted by atomic mass is 35.5. The molecular formula is C13H12ClNO8. The lowest BCUT2D eigenvalue weighted by atomic mass is 9.98. The average Bonchev–Trinajstić information content (AvgIpc) is 2.80. The first-order valence-electron chi connectivity index (χ1n) is 6.54. The van der Waals surface area contributed by atoms with Crippen molar-refractivity contribution in [3.8, 4) is 0 Å². The van der Waals surface area contributed by atoms with Crippen molar-refractivity contribution in [2.45, 2.75) is 30.6 Å². The lowest BCUT2D eigenvalue weighted by Crippen LogP contribution is -2.58. The summed E-state index contributed by atoms with van der Waals surface area (Å²) in [5.74, 6) is -2.48. The fourth-order valence-electron chi connectivity index (χ4n) is 2.53.